The molecular weight excluding hydrogens is 410 g/mol. The highest BCUT2D eigenvalue weighted by Crippen LogP contribution is 2.27. The van der Waals surface area contributed by atoms with Gasteiger partial charge in [-0.3, -0.25) is 9.36 Å². The fourth-order valence-electron chi connectivity index (χ4n) is 2.79. The molecular formula is C23H19N5O2S. The Kier molecular flexibility index (Phi) is 6.71. The van der Waals surface area contributed by atoms with Gasteiger partial charge in [0.1, 0.15) is 5.76 Å². The molecule has 7 nitrogen and oxygen atoms in total. The van der Waals surface area contributed by atoms with Crippen molar-refractivity contribution < 1.29 is 9.21 Å². The number of hydrazone groups is 1. The molecule has 0 aliphatic heterocycles. The first-order valence-electron chi connectivity index (χ1n) is 9.52. The van der Waals surface area contributed by atoms with Crippen LogP contribution in [0.25, 0.3) is 23.2 Å². The Hall–Kier alpha value is -3.91. The monoisotopic (exact) mass is 429 g/mol. The van der Waals surface area contributed by atoms with Crippen LogP contribution in [0.5, 0.6) is 0 Å². The predicted molar refractivity (Wildman–Crippen MR) is 122 cm³/mol. The van der Waals surface area contributed by atoms with Gasteiger partial charge in [0, 0.05) is 17.5 Å². The summed E-state index contributed by atoms with van der Waals surface area (Å²) in [5, 5.41) is 13.2. The highest BCUT2D eigenvalue weighted by Gasteiger charge is 2.16. The number of hydrogen-bond acceptors (Lipinski definition) is 6. The Balaban J connectivity index is 1.43. The second-order valence-electron chi connectivity index (χ2n) is 6.32. The summed E-state index contributed by atoms with van der Waals surface area (Å²) < 4.78 is 7.12. The Morgan fingerprint density at radius 2 is 1.81 bits per heavy atom. The first-order valence-corrected chi connectivity index (χ1v) is 10.5. The Labute approximate surface area is 183 Å². The molecule has 0 saturated carbocycles. The molecule has 0 fully saturated rings. The summed E-state index contributed by atoms with van der Waals surface area (Å²) in [4.78, 5) is 12.2. The van der Waals surface area contributed by atoms with Crippen LogP contribution >= 0.6 is 11.8 Å². The zero-order valence-corrected chi connectivity index (χ0v) is 17.3. The zero-order valence-electron chi connectivity index (χ0n) is 16.5. The number of thioether (sulfide) groups is 1. The number of nitrogens with zero attached hydrogens (tertiary/aromatic N) is 4. The lowest BCUT2D eigenvalue weighted by atomic mass is 10.2. The number of carbonyl (C=O) groups is 1. The van der Waals surface area contributed by atoms with Crippen LogP contribution in [0.4, 0.5) is 0 Å². The van der Waals surface area contributed by atoms with Gasteiger partial charge in [0.05, 0.1) is 12.0 Å². The van der Waals surface area contributed by atoms with Crippen molar-refractivity contribution >= 4 is 30.0 Å². The Bertz CT molecular complexity index is 1170. The molecule has 1 amide bonds. The van der Waals surface area contributed by atoms with Gasteiger partial charge in [-0.1, -0.05) is 60.3 Å². The van der Waals surface area contributed by atoms with Crippen molar-refractivity contribution in [1.82, 2.24) is 20.2 Å². The van der Waals surface area contributed by atoms with Gasteiger partial charge in [-0.25, -0.2) is 5.43 Å². The smallest absolute Gasteiger partial charge is 0.250 e. The molecule has 2 aromatic carbocycles. The quantitative estimate of drug-likeness (QED) is 0.254. The number of furan rings is 1. The molecule has 0 bridgehead atoms. The first kappa shape index (κ1) is 20.4. The van der Waals surface area contributed by atoms with E-state index in [-0.39, 0.29) is 11.7 Å². The fourth-order valence-corrected chi connectivity index (χ4v) is 3.53. The molecule has 1 N–H and O–H groups in total. The largest absolute Gasteiger partial charge is 0.465 e. The molecule has 0 aliphatic rings. The number of amides is 1. The maximum Gasteiger partial charge on any atom is 0.250 e. The summed E-state index contributed by atoms with van der Waals surface area (Å²) in [6, 6.07) is 23.3. The minimum Gasteiger partial charge on any atom is -0.465 e. The molecule has 2 aromatic heterocycles. The third-order valence-electron chi connectivity index (χ3n) is 4.17. The highest BCUT2D eigenvalue weighted by atomic mass is 32.2. The average molecular weight is 430 g/mol. The highest BCUT2D eigenvalue weighted by molar-refractivity contribution is 7.99. The second-order valence-corrected chi connectivity index (χ2v) is 7.26. The van der Waals surface area contributed by atoms with E-state index in [1.807, 2.05) is 71.3 Å². The van der Waals surface area contributed by atoms with Gasteiger partial charge in [0.15, 0.2) is 11.0 Å². The van der Waals surface area contributed by atoms with E-state index >= 15 is 0 Å². The number of benzene rings is 2. The van der Waals surface area contributed by atoms with Gasteiger partial charge < -0.3 is 4.42 Å². The van der Waals surface area contributed by atoms with Crippen molar-refractivity contribution in [3.8, 4) is 17.1 Å². The van der Waals surface area contributed by atoms with E-state index in [0.29, 0.717) is 10.9 Å². The summed E-state index contributed by atoms with van der Waals surface area (Å²) in [6.07, 6.45) is 6.51. The van der Waals surface area contributed by atoms with E-state index < -0.39 is 0 Å². The van der Waals surface area contributed by atoms with Gasteiger partial charge in [-0.15, -0.1) is 10.2 Å². The minimum atomic E-state index is -0.239. The van der Waals surface area contributed by atoms with Crippen molar-refractivity contribution in [2.45, 2.75) is 5.16 Å². The molecule has 0 aliphatic carbocycles. The molecule has 0 saturated heterocycles. The fraction of sp³-hybridized carbons (Fsp3) is 0.0435. The van der Waals surface area contributed by atoms with Crippen molar-refractivity contribution in [3.63, 3.8) is 0 Å². The third kappa shape index (κ3) is 5.37. The maximum absolute atomic E-state index is 12.2. The number of allylic oxidation sites excluding steroid dienone is 1. The second kappa shape index (κ2) is 10.2. The van der Waals surface area contributed by atoms with E-state index in [4.69, 9.17) is 4.42 Å². The number of nitrogens with one attached hydrogen (secondary N) is 1. The normalized spacial score (nSPS) is 11.4. The molecule has 154 valence electrons. The van der Waals surface area contributed by atoms with Gasteiger partial charge >= 0.3 is 0 Å². The van der Waals surface area contributed by atoms with Crippen molar-refractivity contribution in [1.29, 1.82) is 0 Å². The molecule has 2 heterocycles. The van der Waals surface area contributed by atoms with Crippen LogP contribution in [-0.2, 0) is 4.79 Å². The summed E-state index contributed by atoms with van der Waals surface area (Å²) in [5.74, 6) is 1.34. The molecule has 0 radical (unpaired) electrons. The zero-order chi connectivity index (χ0) is 21.3. The lowest BCUT2D eigenvalue weighted by molar-refractivity contribution is -0.118. The van der Waals surface area contributed by atoms with E-state index in [9.17, 15) is 4.79 Å². The number of para-hydroxylation sites is 1. The molecule has 0 atom stereocenters. The van der Waals surface area contributed by atoms with Crippen molar-refractivity contribution in [3.05, 3.63) is 90.9 Å². The van der Waals surface area contributed by atoms with E-state index in [1.54, 1.807) is 24.5 Å². The summed E-state index contributed by atoms with van der Waals surface area (Å²) in [7, 11) is 0. The lowest BCUT2D eigenvalue weighted by Crippen LogP contribution is -2.19. The topological polar surface area (TPSA) is 85.3 Å². The molecule has 8 heteroatoms. The molecule has 0 spiro atoms. The van der Waals surface area contributed by atoms with Crippen LogP contribution in [0.2, 0.25) is 0 Å². The maximum atomic E-state index is 12.2. The predicted octanol–water partition coefficient (Wildman–Crippen LogP) is 4.43. The summed E-state index contributed by atoms with van der Waals surface area (Å²) >= 11 is 1.30. The van der Waals surface area contributed by atoms with Crippen LogP contribution in [0.15, 0.2) is 99.8 Å². The van der Waals surface area contributed by atoms with Gasteiger partial charge in [-0.05, 0) is 36.4 Å². The van der Waals surface area contributed by atoms with Gasteiger partial charge in [-0.2, -0.15) is 5.10 Å². The van der Waals surface area contributed by atoms with E-state index in [1.165, 1.54) is 18.0 Å². The van der Waals surface area contributed by atoms with E-state index in [2.05, 4.69) is 20.7 Å². The SMILES string of the molecule is O=C(CSc1nnc(-c2ccccc2)n1-c1ccccc1)N/N=C\C=C/c1ccco1. The molecule has 31 heavy (non-hydrogen) atoms. The number of hydrogen-bond donors (Lipinski definition) is 1. The minimum absolute atomic E-state index is 0.152. The molecule has 0 unspecified atom stereocenters. The third-order valence-corrected chi connectivity index (χ3v) is 5.09. The van der Waals surface area contributed by atoms with Crippen molar-refractivity contribution in [2.24, 2.45) is 5.10 Å². The van der Waals surface area contributed by atoms with Gasteiger partial charge in [0.2, 0.25) is 0 Å². The van der Waals surface area contributed by atoms with Gasteiger partial charge in [0.25, 0.3) is 5.91 Å². The van der Waals surface area contributed by atoms with Crippen LogP contribution in [0.3, 0.4) is 0 Å². The number of carbonyl (C=O) groups excluding carboxylic acids is 1. The molecule has 4 rings (SSSR count). The summed E-state index contributed by atoms with van der Waals surface area (Å²) in [6.45, 7) is 0. The van der Waals surface area contributed by atoms with Crippen LogP contribution < -0.4 is 5.43 Å². The standard InChI is InChI=1S/C23H19N5O2S/c29-21(25-24-15-7-13-20-14-8-16-30-20)17-31-23-27-26-22(18-9-3-1-4-10-18)28(23)19-11-5-2-6-12-19/h1-16H,17H2,(H,25,29)/b13-7-,24-15-. The van der Waals surface area contributed by atoms with Crippen LogP contribution in [0, 0.1) is 0 Å². The van der Waals surface area contributed by atoms with Crippen LogP contribution in [0.1, 0.15) is 5.76 Å². The Morgan fingerprint density at radius 3 is 2.55 bits per heavy atom. The number of rotatable bonds is 8. The van der Waals surface area contributed by atoms with Crippen LogP contribution in [-0.4, -0.2) is 32.6 Å². The first-order chi connectivity index (χ1) is 15.3. The van der Waals surface area contributed by atoms with Crippen molar-refractivity contribution in [2.75, 3.05) is 5.75 Å². The lowest BCUT2D eigenvalue weighted by Gasteiger charge is -2.10. The molecule has 4 aromatic rings. The number of aromatic nitrogens is 3. The average Bonchev–Trinajstić information content (AvgIpc) is 3.48. The Morgan fingerprint density at radius 1 is 1.03 bits per heavy atom. The summed E-state index contributed by atoms with van der Waals surface area (Å²) in [5.41, 5.74) is 4.37. The van der Waals surface area contributed by atoms with E-state index in [0.717, 1.165) is 17.1 Å².